The van der Waals surface area contributed by atoms with Crippen molar-refractivity contribution in [1.29, 1.82) is 0 Å². The van der Waals surface area contributed by atoms with Crippen molar-refractivity contribution < 1.29 is 13.9 Å². The highest BCUT2D eigenvalue weighted by atomic mass is 16.5. The molecule has 1 atom stereocenters. The van der Waals surface area contributed by atoms with E-state index < -0.39 is 0 Å². The van der Waals surface area contributed by atoms with E-state index in [9.17, 15) is 4.79 Å². The van der Waals surface area contributed by atoms with Crippen LogP contribution in [0.15, 0.2) is 28.7 Å². The van der Waals surface area contributed by atoms with Gasteiger partial charge >= 0.3 is 5.97 Å². The Morgan fingerprint density at radius 3 is 2.96 bits per heavy atom. The smallest absolute Gasteiger partial charge is 0.339 e. The number of hydrogen-bond acceptors (Lipinski definition) is 6. The monoisotopic (exact) mass is 337 g/mol. The molecule has 0 spiro atoms. The minimum absolute atomic E-state index is 0.0271. The molecular weight excluding hydrogens is 318 g/mol. The van der Waals surface area contributed by atoms with Gasteiger partial charge in [0.15, 0.2) is 6.61 Å². The summed E-state index contributed by atoms with van der Waals surface area (Å²) in [5.74, 6) is 0.915. The number of carbonyl (C=O) groups excluding carboxylic acids is 1. The summed E-state index contributed by atoms with van der Waals surface area (Å²) in [6.45, 7) is 3.88. The third kappa shape index (κ3) is 2.99. The molecular formula is C19H19N3O3. The van der Waals surface area contributed by atoms with E-state index in [-0.39, 0.29) is 12.6 Å². The fourth-order valence-corrected chi connectivity index (χ4v) is 3.39. The lowest BCUT2D eigenvalue weighted by atomic mass is 9.84. The Labute approximate surface area is 145 Å². The molecule has 0 N–H and O–H groups in total. The first kappa shape index (κ1) is 15.7. The number of fused-ring (bicyclic) bond motifs is 2. The Hall–Kier alpha value is -2.76. The van der Waals surface area contributed by atoms with Crippen LogP contribution in [0.3, 0.4) is 0 Å². The highest BCUT2D eigenvalue weighted by Gasteiger charge is 2.26. The number of benzene rings is 1. The van der Waals surface area contributed by atoms with Crippen LogP contribution >= 0.6 is 0 Å². The normalized spacial score (nSPS) is 16.6. The molecule has 0 amide bonds. The first-order valence-corrected chi connectivity index (χ1v) is 8.48. The van der Waals surface area contributed by atoms with Crippen LogP contribution in [0, 0.1) is 12.8 Å². The second kappa shape index (κ2) is 6.27. The maximum atomic E-state index is 12.9. The highest BCUT2D eigenvalue weighted by molar-refractivity contribution is 6.05. The Kier molecular flexibility index (Phi) is 3.95. The zero-order chi connectivity index (χ0) is 17.4. The van der Waals surface area contributed by atoms with Crippen LogP contribution in [-0.2, 0) is 24.2 Å². The standard InChI is InChI=1S/C19H19N3O3/c1-11-7-8-16-14(9-11)18(13-5-3-4-6-15(13)20-16)19(23)24-10-17-22-21-12(2)25-17/h3-6,11H,7-10H2,1-2H3/t11-/m1/s1. The van der Waals surface area contributed by atoms with Crippen molar-refractivity contribution >= 4 is 16.9 Å². The molecule has 0 radical (unpaired) electrons. The second-order valence-electron chi connectivity index (χ2n) is 6.57. The van der Waals surface area contributed by atoms with Gasteiger partial charge in [0, 0.05) is 18.0 Å². The maximum Gasteiger partial charge on any atom is 0.339 e. The van der Waals surface area contributed by atoms with Crippen LogP contribution in [0.1, 0.15) is 46.7 Å². The Morgan fingerprint density at radius 2 is 2.16 bits per heavy atom. The lowest BCUT2D eigenvalue weighted by Gasteiger charge is -2.24. The fourth-order valence-electron chi connectivity index (χ4n) is 3.39. The summed E-state index contributed by atoms with van der Waals surface area (Å²) in [5, 5.41) is 8.45. The Bertz CT molecular complexity index is 948. The van der Waals surface area contributed by atoms with Gasteiger partial charge in [-0.15, -0.1) is 10.2 Å². The van der Waals surface area contributed by atoms with Crippen LogP contribution in [-0.4, -0.2) is 21.2 Å². The maximum absolute atomic E-state index is 12.9. The van der Waals surface area contributed by atoms with E-state index in [0.29, 0.717) is 23.3 Å². The Balaban J connectivity index is 1.73. The van der Waals surface area contributed by atoms with Crippen molar-refractivity contribution in [1.82, 2.24) is 15.2 Å². The van der Waals surface area contributed by atoms with E-state index in [1.54, 1.807) is 6.92 Å². The van der Waals surface area contributed by atoms with Crippen molar-refractivity contribution in [2.75, 3.05) is 0 Å². The van der Waals surface area contributed by atoms with E-state index in [1.807, 2.05) is 24.3 Å². The van der Waals surface area contributed by atoms with E-state index in [4.69, 9.17) is 14.1 Å². The van der Waals surface area contributed by atoms with E-state index in [1.165, 1.54) is 0 Å². The fraction of sp³-hybridized carbons (Fsp3) is 0.368. The van der Waals surface area contributed by atoms with Gasteiger partial charge in [0.1, 0.15) is 0 Å². The molecule has 2 heterocycles. The summed E-state index contributed by atoms with van der Waals surface area (Å²) in [7, 11) is 0. The molecule has 4 rings (SSSR count). The number of carbonyl (C=O) groups is 1. The number of rotatable bonds is 3. The molecule has 0 unspecified atom stereocenters. The summed E-state index contributed by atoms with van der Waals surface area (Å²) in [6.07, 6.45) is 2.83. The quantitative estimate of drug-likeness (QED) is 0.682. The molecule has 0 saturated heterocycles. The van der Waals surface area contributed by atoms with Crippen LogP contribution in [0.25, 0.3) is 10.9 Å². The van der Waals surface area contributed by atoms with Crippen molar-refractivity contribution in [2.24, 2.45) is 5.92 Å². The first-order chi connectivity index (χ1) is 12.1. The van der Waals surface area contributed by atoms with Gasteiger partial charge in [0.05, 0.1) is 11.1 Å². The van der Waals surface area contributed by atoms with Crippen LogP contribution < -0.4 is 0 Å². The zero-order valence-electron chi connectivity index (χ0n) is 14.3. The molecule has 0 fully saturated rings. The predicted molar refractivity (Wildman–Crippen MR) is 91.1 cm³/mol. The van der Waals surface area contributed by atoms with Gasteiger partial charge in [-0.2, -0.15) is 0 Å². The summed E-state index contributed by atoms with van der Waals surface area (Å²) in [4.78, 5) is 17.6. The zero-order valence-corrected chi connectivity index (χ0v) is 14.3. The number of aromatic nitrogens is 3. The number of nitrogens with zero attached hydrogens (tertiary/aromatic N) is 3. The molecule has 1 aromatic carbocycles. The molecule has 6 heteroatoms. The van der Waals surface area contributed by atoms with Gasteiger partial charge in [-0.1, -0.05) is 25.1 Å². The van der Waals surface area contributed by atoms with Gasteiger partial charge in [0.2, 0.25) is 5.89 Å². The van der Waals surface area contributed by atoms with E-state index in [0.717, 1.165) is 41.4 Å². The van der Waals surface area contributed by atoms with E-state index in [2.05, 4.69) is 17.1 Å². The number of para-hydroxylation sites is 1. The number of ether oxygens (including phenoxy) is 1. The average molecular weight is 337 g/mol. The summed E-state index contributed by atoms with van der Waals surface area (Å²) in [5.41, 5.74) is 3.49. The van der Waals surface area contributed by atoms with Crippen molar-refractivity contribution in [3.8, 4) is 0 Å². The largest absolute Gasteiger partial charge is 0.452 e. The van der Waals surface area contributed by atoms with Gasteiger partial charge in [-0.25, -0.2) is 4.79 Å². The second-order valence-corrected chi connectivity index (χ2v) is 6.57. The van der Waals surface area contributed by atoms with Gasteiger partial charge in [-0.3, -0.25) is 4.98 Å². The molecule has 128 valence electrons. The molecule has 0 saturated carbocycles. The molecule has 0 aliphatic heterocycles. The van der Waals surface area contributed by atoms with Gasteiger partial charge in [0.25, 0.3) is 5.89 Å². The third-order valence-electron chi connectivity index (χ3n) is 4.60. The van der Waals surface area contributed by atoms with Crippen molar-refractivity contribution in [2.45, 2.75) is 39.7 Å². The minimum atomic E-state index is -0.361. The third-order valence-corrected chi connectivity index (χ3v) is 4.60. The van der Waals surface area contributed by atoms with Gasteiger partial charge < -0.3 is 9.15 Å². The first-order valence-electron chi connectivity index (χ1n) is 8.48. The number of esters is 1. The van der Waals surface area contributed by atoms with Crippen LogP contribution in [0.4, 0.5) is 0 Å². The molecule has 0 bridgehead atoms. The summed E-state index contributed by atoms with van der Waals surface area (Å²) in [6, 6.07) is 7.71. The summed E-state index contributed by atoms with van der Waals surface area (Å²) < 4.78 is 10.7. The molecule has 2 aromatic heterocycles. The topological polar surface area (TPSA) is 78.1 Å². The van der Waals surface area contributed by atoms with Gasteiger partial charge in [-0.05, 0) is 36.8 Å². The molecule has 1 aliphatic carbocycles. The van der Waals surface area contributed by atoms with Crippen molar-refractivity contribution in [3.63, 3.8) is 0 Å². The number of aryl methyl sites for hydroxylation is 2. The van der Waals surface area contributed by atoms with Crippen molar-refractivity contribution in [3.05, 3.63) is 52.9 Å². The SMILES string of the molecule is Cc1nnc(COC(=O)c2c3c(nc4ccccc24)CC[C@@H](C)C3)o1. The highest BCUT2D eigenvalue weighted by Crippen LogP contribution is 2.32. The lowest BCUT2D eigenvalue weighted by Crippen LogP contribution is -2.19. The Morgan fingerprint density at radius 1 is 1.32 bits per heavy atom. The molecule has 25 heavy (non-hydrogen) atoms. The van der Waals surface area contributed by atoms with Crippen LogP contribution in [0.2, 0.25) is 0 Å². The molecule has 3 aromatic rings. The number of pyridine rings is 1. The van der Waals surface area contributed by atoms with Crippen LogP contribution in [0.5, 0.6) is 0 Å². The molecule has 6 nitrogen and oxygen atoms in total. The minimum Gasteiger partial charge on any atom is -0.452 e. The molecule has 1 aliphatic rings. The summed E-state index contributed by atoms with van der Waals surface area (Å²) >= 11 is 0. The predicted octanol–water partition coefficient (Wildman–Crippen LogP) is 3.41. The van der Waals surface area contributed by atoms with E-state index >= 15 is 0 Å². The lowest BCUT2D eigenvalue weighted by molar-refractivity contribution is 0.0437. The average Bonchev–Trinajstić information content (AvgIpc) is 3.03. The number of hydrogen-bond donors (Lipinski definition) is 0.